The lowest BCUT2D eigenvalue weighted by molar-refractivity contribution is 0.209. The number of aromatic nitrogens is 2. The summed E-state index contributed by atoms with van der Waals surface area (Å²) in [5.74, 6) is 0. The van der Waals surface area contributed by atoms with Crippen molar-refractivity contribution >= 4 is 28.0 Å². The van der Waals surface area contributed by atoms with Crippen LogP contribution in [0.1, 0.15) is 16.8 Å². The van der Waals surface area contributed by atoms with Gasteiger partial charge < -0.3 is 10.2 Å². The standard InChI is InChI=1S/C28H26N4OS/c1-21-9-8-14-24(17-21)29-27(33)31(18-22-10-4-2-5-11-22)16-15-25-20-34-28-30-26(19-32(25)28)23-12-6-3-7-13-23/h2-14,17,19-20H,15-16,18H2,1H3,(H,29,33). The van der Waals surface area contributed by atoms with Crippen molar-refractivity contribution in [2.24, 2.45) is 0 Å². The van der Waals surface area contributed by atoms with Gasteiger partial charge >= 0.3 is 6.03 Å². The number of carbonyl (C=O) groups excluding carboxylic acids is 1. The molecule has 2 heterocycles. The Balaban J connectivity index is 1.35. The van der Waals surface area contributed by atoms with Crippen LogP contribution in [-0.4, -0.2) is 26.9 Å². The Morgan fingerprint density at radius 1 is 1.00 bits per heavy atom. The quantitative estimate of drug-likeness (QED) is 0.292. The molecule has 34 heavy (non-hydrogen) atoms. The molecule has 0 spiro atoms. The van der Waals surface area contributed by atoms with Crippen molar-refractivity contribution in [2.45, 2.75) is 19.9 Å². The average molecular weight is 467 g/mol. The minimum absolute atomic E-state index is 0.100. The lowest BCUT2D eigenvalue weighted by Crippen LogP contribution is -2.36. The first-order valence-electron chi connectivity index (χ1n) is 11.3. The number of fused-ring (bicyclic) bond motifs is 1. The number of carbonyl (C=O) groups is 1. The summed E-state index contributed by atoms with van der Waals surface area (Å²) in [4.78, 5) is 20.9. The van der Waals surface area contributed by atoms with Gasteiger partial charge in [-0.2, -0.15) is 0 Å². The van der Waals surface area contributed by atoms with Crippen molar-refractivity contribution in [1.82, 2.24) is 14.3 Å². The highest BCUT2D eigenvalue weighted by Gasteiger charge is 2.16. The Bertz CT molecular complexity index is 1390. The SMILES string of the molecule is Cc1cccc(NC(=O)N(CCc2csc3nc(-c4ccccc4)cn23)Cc2ccccc2)c1. The summed E-state index contributed by atoms with van der Waals surface area (Å²) in [6, 6.07) is 28.1. The van der Waals surface area contributed by atoms with E-state index in [4.69, 9.17) is 4.98 Å². The van der Waals surface area contributed by atoms with Gasteiger partial charge in [-0.3, -0.25) is 4.40 Å². The molecule has 0 aliphatic rings. The summed E-state index contributed by atoms with van der Waals surface area (Å²) in [5.41, 5.74) is 6.24. The fourth-order valence-electron chi connectivity index (χ4n) is 3.99. The third kappa shape index (κ3) is 5.02. The number of hydrogen-bond acceptors (Lipinski definition) is 3. The molecule has 0 saturated heterocycles. The van der Waals surface area contributed by atoms with Gasteiger partial charge in [0.25, 0.3) is 0 Å². The lowest BCUT2D eigenvalue weighted by Gasteiger charge is -2.23. The number of nitrogens with one attached hydrogen (secondary N) is 1. The maximum Gasteiger partial charge on any atom is 0.322 e. The van der Waals surface area contributed by atoms with Crippen LogP contribution >= 0.6 is 11.3 Å². The number of benzene rings is 3. The number of aryl methyl sites for hydroxylation is 1. The molecule has 0 aliphatic carbocycles. The second-order valence-corrected chi connectivity index (χ2v) is 9.17. The van der Waals surface area contributed by atoms with Gasteiger partial charge in [-0.25, -0.2) is 9.78 Å². The van der Waals surface area contributed by atoms with E-state index in [2.05, 4.69) is 45.6 Å². The maximum absolute atomic E-state index is 13.2. The van der Waals surface area contributed by atoms with Crippen molar-refractivity contribution in [2.75, 3.05) is 11.9 Å². The number of rotatable bonds is 7. The molecule has 0 fully saturated rings. The van der Waals surface area contributed by atoms with E-state index in [0.717, 1.165) is 45.1 Å². The molecule has 2 amide bonds. The molecule has 5 rings (SSSR count). The Morgan fingerprint density at radius 2 is 1.76 bits per heavy atom. The topological polar surface area (TPSA) is 49.6 Å². The molecule has 3 aromatic carbocycles. The predicted molar refractivity (Wildman–Crippen MR) is 139 cm³/mol. The minimum Gasteiger partial charge on any atom is -0.320 e. The second kappa shape index (κ2) is 9.93. The molecule has 0 atom stereocenters. The van der Waals surface area contributed by atoms with Crippen LogP contribution in [0.15, 0.2) is 96.5 Å². The first-order chi connectivity index (χ1) is 16.7. The van der Waals surface area contributed by atoms with Gasteiger partial charge in [-0.05, 0) is 30.2 Å². The van der Waals surface area contributed by atoms with Gasteiger partial charge in [0.05, 0.1) is 5.69 Å². The zero-order chi connectivity index (χ0) is 23.3. The van der Waals surface area contributed by atoms with E-state index in [-0.39, 0.29) is 6.03 Å². The molecule has 1 N–H and O–H groups in total. The zero-order valence-corrected chi connectivity index (χ0v) is 19.8. The average Bonchev–Trinajstić information content (AvgIpc) is 3.44. The number of nitrogens with zero attached hydrogens (tertiary/aromatic N) is 3. The summed E-state index contributed by atoms with van der Waals surface area (Å²) in [6.07, 6.45) is 2.82. The Hall–Kier alpha value is -3.90. The van der Waals surface area contributed by atoms with Crippen LogP contribution in [0.5, 0.6) is 0 Å². The first kappa shape index (κ1) is 21.9. The predicted octanol–water partition coefficient (Wildman–Crippen LogP) is 6.65. The van der Waals surface area contributed by atoms with Crippen LogP contribution in [0.3, 0.4) is 0 Å². The lowest BCUT2D eigenvalue weighted by atomic mass is 10.2. The van der Waals surface area contributed by atoms with Crippen molar-refractivity contribution < 1.29 is 4.79 Å². The summed E-state index contributed by atoms with van der Waals surface area (Å²) >= 11 is 1.63. The van der Waals surface area contributed by atoms with Crippen molar-refractivity contribution in [1.29, 1.82) is 0 Å². The van der Waals surface area contributed by atoms with Gasteiger partial charge in [-0.1, -0.05) is 72.8 Å². The van der Waals surface area contributed by atoms with Gasteiger partial charge in [0.15, 0.2) is 4.96 Å². The van der Waals surface area contributed by atoms with Crippen LogP contribution in [0.4, 0.5) is 10.5 Å². The summed E-state index contributed by atoms with van der Waals surface area (Å²) < 4.78 is 2.14. The number of urea groups is 1. The molecule has 0 saturated carbocycles. The van der Waals surface area contributed by atoms with E-state index < -0.39 is 0 Å². The fourth-order valence-corrected chi connectivity index (χ4v) is 4.90. The van der Waals surface area contributed by atoms with Crippen LogP contribution < -0.4 is 5.32 Å². The molecular formula is C28H26N4OS. The number of amides is 2. The van der Waals surface area contributed by atoms with Crippen molar-refractivity contribution in [3.63, 3.8) is 0 Å². The number of thiazole rings is 1. The van der Waals surface area contributed by atoms with Crippen LogP contribution in [0, 0.1) is 6.92 Å². The highest BCUT2D eigenvalue weighted by molar-refractivity contribution is 7.15. The minimum atomic E-state index is -0.100. The van der Waals surface area contributed by atoms with E-state index in [1.54, 1.807) is 11.3 Å². The molecule has 5 nitrogen and oxygen atoms in total. The van der Waals surface area contributed by atoms with E-state index in [1.807, 2.05) is 72.5 Å². The Morgan fingerprint density at radius 3 is 2.53 bits per heavy atom. The zero-order valence-electron chi connectivity index (χ0n) is 19.0. The fraction of sp³-hybridized carbons (Fsp3) is 0.143. The molecular weight excluding hydrogens is 440 g/mol. The molecule has 0 aliphatic heterocycles. The Kier molecular flexibility index (Phi) is 6.40. The third-order valence-corrected chi connectivity index (χ3v) is 6.65. The highest BCUT2D eigenvalue weighted by Crippen LogP contribution is 2.24. The van der Waals surface area contributed by atoms with Crippen LogP contribution in [-0.2, 0) is 13.0 Å². The monoisotopic (exact) mass is 466 g/mol. The van der Waals surface area contributed by atoms with Gasteiger partial charge in [-0.15, -0.1) is 11.3 Å². The molecule has 0 radical (unpaired) electrons. The van der Waals surface area contributed by atoms with Gasteiger partial charge in [0, 0.05) is 48.0 Å². The number of hydrogen-bond donors (Lipinski definition) is 1. The van der Waals surface area contributed by atoms with Gasteiger partial charge in [0.2, 0.25) is 0 Å². The summed E-state index contributed by atoms with van der Waals surface area (Å²) in [6.45, 7) is 3.16. The molecule has 2 aromatic heterocycles. The Labute approximate surface area is 203 Å². The molecule has 170 valence electrons. The summed E-state index contributed by atoms with van der Waals surface area (Å²) in [5, 5.41) is 5.20. The van der Waals surface area contributed by atoms with Crippen LogP contribution in [0.25, 0.3) is 16.2 Å². The van der Waals surface area contributed by atoms with E-state index in [0.29, 0.717) is 13.1 Å². The maximum atomic E-state index is 13.2. The van der Waals surface area contributed by atoms with Crippen molar-refractivity contribution in [3.05, 3.63) is 113 Å². The first-order valence-corrected chi connectivity index (χ1v) is 12.2. The highest BCUT2D eigenvalue weighted by atomic mass is 32.1. The molecule has 6 heteroatoms. The largest absolute Gasteiger partial charge is 0.322 e. The number of imidazole rings is 1. The smallest absolute Gasteiger partial charge is 0.320 e. The third-order valence-electron chi connectivity index (χ3n) is 5.76. The molecule has 5 aromatic rings. The number of anilines is 1. The second-order valence-electron chi connectivity index (χ2n) is 8.33. The molecule has 0 bridgehead atoms. The molecule has 0 unspecified atom stereocenters. The van der Waals surface area contributed by atoms with E-state index in [9.17, 15) is 4.79 Å². The van der Waals surface area contributed by atoms with E-state index in [1.165, 1.54) is 0 Å². The van der Waals surface area contributed by atoms with Crippen LogP contribution in [0.2, 0.25) is 0 Å². The normalized spacial score (nSPS) is 11.0. The van der Waals surface area contributed by atoms with E-state index >= 15 is 0 Å². The van der Waals surface area contributed by atoms with Gasteiger partial charge in [0.1, 0.15) is 0 Å². The van der Waals surface area contributed by atoms with Crippen molar-refractivity contribution in [3.8, 4) is 11.3 Å². The summed E-state index contributed by atoms with van der Waals surface area (Å²) in [7, 11) is 0.